The van der Waals surface area contributed by atoms with Crippen LogP contribution in [0, 0.1) is 0 Å². The Hall–Kier alpha value is -1.55. The topological polar surface area (TPSA) is 26.0 Å². The molecule has 0 heterocycles. The van der Waals surface area contributed by atoms with E-state index < -0.39 is 12.2 Å². The van der Waals surface area contributed by atoms with Gasteiger partial charge < -0.3 is 5.73 Å². The first-order valence-electron chi connectivity index (χ1n) is 8.28. The number of benzene rings is 2. The smallest absolute Gasteiger partial charge is 0.316 e. The summed E-state index contributed by atoms with van der Waals surface area (Å²) >= 11 is 0. The molecule has 0 spiro atoms. The van der Waals surface area contributed by atoms with Gasteiger partial charge in [-0.15, -0.1) is 0 Å². The van der Waals surface area contributed by atoms with Gasteiger partial charge in [-0.3, -0.25) is 0 Å². The molecule has 0 aliphatic heterocycles. The maximum absolute atomic E-state index is 13.1. The monoisotopic (exact) mass is 323 g/mol. The number of fused-ring (bicyclic) bond motifs is 1. The summed E-state index contributed by atoms with van der Waals surface area (Å²) in [5.41, 5.74) is 6.46. The number of alkyl halides is 3. The Morgan fingerprint density at radius 3 is 2.35 bits per heavy atom. The normalized spacial score (nSPS) is 13.4. The summed E-state index contributed by atoms with van der Waals surface area (Å²) < 4.78 is 39.2. The van der Waals surface area contributed by atoms with Gasteiger partial charge in [0.1, 0.15) is 6.04 Å². The van der Waals surface area contributed by atoms with Gasteiger partial charge in [0.25, 0.3) is 0 Å². The molecule has 0 aliphatic carbocycles. The Morgan fingerprint density at radius 2 is 1.65 bits per heavy atom. The van der Waals surface area contributed by atoms with Crippen LogP contribution in [0.15, 0.2) is 36.4 Å². The van der Waals surface area contributed by atoms with Crippen LogP contribution in [0.1, 0.15) is 56.2 Å². The largest absolute Gasteiger partial charge is 0.407 e. The first-order valence-corrected chi connectivity index (χ1v) is 8.28. The first-order chi connectivity index (χ1) is 10.9. The van der Waals surface area contributed by atoms with Crippen LogP contribution in [0.2, 0.25) is 0 Å². The Morgan fingerprint density at radius 1 is 0.957 bits per heavy atom. The van der Waals surface area contributed by atoms with E-state index in [1.807, 2.05) is 24.3 Å². The van der Waals surface area contributed by atoms with Crippen molar-refractivity contribution in [3.63, 3.8) is 0 Å². The zero-order valence-corrected chi connectivity index (χ0v) is 13.5. The maximum Gasteiger partial charge on any atom is 0.407 e. The standard InChI is InChI=1S/C19H24F3N/c1-2-3-4-5-6-11-16-15-10-8-7-9-14(15)12-13-17(16)18(23)19(20,21)22/h7-10,12-13,18H,2-6,11,23H2,1H3/t18-/m0/s1. The third kappa shape index (κ3) is 4.47. The van der Waals surface area contributed by atoms with Crippen LogP contribution in [0.25, 0.3) is 10.8 Å². The lowest BCUT2D eigenvalue weighted by Crippen LogP contribution is -2.29. The molecule has 0 radical (unpaired) electrons. The number of hydrogen-bond donors (Lipinski definition) is 1. The van der Waals surface area contributed by atoms with Crippen molar-refractivity contribution in [2.45, 2.75) is 57.7 Å². The number of aryl methyl sites for hydroxylation is 1. The maximum atomic E-state index is 13.1. The Labute approximate surface area is 135 Å². The van der Waals surface area contributed by atoms with Crippen LogP contribution < -0.4 is 5.73 Å². The third-order valence-electron chi connectivity index (χ3n) is 4.29. The SMILES string of the molecule is CCCCCCCc1c([C@H](N)C(F)(F)F)ccc2ccccc12. The number of hydrogen-bond acceptors (Lipinski definition) is 1. The summed E-state index contributed by atoms with van der Waals surface area (Å²) in [6.45, 7) is 2.14. The van der Waals surface area contributed by atoms with Crippen molar-refractivity contribution < 1.29 is 13.2 Å². The Bertz CT molecular complexity index is 634. The molecule has 2 aromatic carbocycles. The van der Waals surface area contributed by atoms with Gasteiger partial charge in [0.2, 0.25) is 0 Å². The second kappa shape index (κ2) is 7.82. The lowest BCUT2D eigenvalue weighted by atomic mass is 9.91. The molecule has 0 saturated heterocycles. The fraction of sp³-hybridized carbons (Fsp3) is 0.474. The van der Waals surface area contributed by atoms with Crippen molar-refractivity contribution in [1.82, 2.24) is 0 Å². The lowest BCUT2D eigenvalue weighted by molar-refractivity contribution is -0.149. The molecule has 0 unspecified atom stereocenters. The van der Waals surface area contributed by atoms with E-state index in [1.165, 1.54) is 6.42 Å². The Balaban J connectivity index is 2.32. The molecule has 1 nitrogen and oxygen atoms in total. The molecule has 0 fully saturated rings. The van der Waals surface area contributed by atoms with Gasteiger partial charge in [-0.1, -0.05) is 69.0 Å². The number of halogens is 3. The molecule has 0 bridgehead atoms. The van der Waals surface area contributed by atoms with Gasteiger partial charge in [-0.2, -0.15) is 13.2 Å². The number of nitrogens with two attached hydrogens (primary N) is 1. The van der Waals surface area contributed by atoms with Gasteiger partial charge in [-0.25, -0.2) is 0 Å². The van der Waals surface area contributed by atoms with Crippen molar-refractivity contribution in [2.75, 3.05) is 0 Å². The van der Waals surface area contributed by atoms with Crippen LogP contribution in [0.3, 0.4) is 0 Å². The van der Waals surface area contributed by atoms with Gasteiger partial charge in [0, 0.05) is 0 Å². The lowest BCUT2D eigenvalue weighted by Gasteiger charge is -2.21. The predicted molar refractivity (Wildman–Crippen MR) is 89.4 cm³/mol. The van der Waals surface area contributed by atoms with E-state index in [9.17, 15) is 13.2 Å². The van der Waals surface area contributed by atoms with Crippen LogP contribution >= 0.6 is 0 Å². The second-order valence-electron chi connectivity index (χ2n) is 6.04. The number of unbranched alkanes of at least 4 members (excludes halogenated alkanes) is 4. The van der Waals surface area contributed by atoms with Crippen LogP contribution in [0.5, 0.6) is 0 Å². The second-order valence-corrected chi connectivity index (χ2v) is 6.04. The zero-order chi connectivity index (χ0) is 16.9. The summed E-state index contributed by atoms with van der Waals surface area (Å²) in [5.74, 6) is 0. The minimum atomic E-state index is -4.42. The van der Waals surface area contributed by atoms with Crippen LogP contribution in [0.4, 0.5) is 13.2 Å². The van der Waals surface area contributed by atoms with E-state index in [4.69, 9.17) is 5.73 Å². The minimum Gasteiger partial charge on any atom is -0.316 e. The van der Waals surface area contributed by atoms with Crippen molar-refractivity contribution in [1.29, 1.82) is 0 Å². The van der Waals surface area contributed by atoms with Gasteiger partial charge in [-0.05, 0) is 34.7 Å². The molecule has 2 aromatic rings. The predicted octanol–water partition coefficient (Wildman–Crippen LogP) is 5.91. The molecule has 0 aromatic heterocycles. The first kappa shape index (κ1) is 17.8. The van der Waals surface area contributed by atoms with Crippen molar-refractivity contribution in [2.24, 2.45) is 5.73 Å². The van der Waals surface area contributed by atoms with Gasteiger partial charge >= 0.3 is 6.18 Å². The van der Waals surface area contributed by atoms with Crippen molar-refractivity contribution >= 4 is 10.8 Å². The average Bonchev–Trinajstić information content (AvgIpc) is 2.53. The molecule has 23 heavy (non-hydrogen) atoms. The highest BCUT2D eigenvalue weighted by atomic mass is 19.4. The summed E-state index contributed by atoms with van der Waals surface area (Å²) in [6.07, 6.45) is 1.61. The summed E-state index contributed by atoms with van der Waals surface area (Å²) in [5, 5.41) is 1.86. The van der Waals surface area contributed by atoms with Gasteiger partial charge in [0.05, 0.1) is 0 Å². The van der Waals surface area contributed by atoms with Crippen LogP contribution in [-0.2, 0) is 6.42 Å². The molecule has 1 atom stereocenters. The molecular formula is C19H24F3N. The third-order valence-corrected chi connectivity index (χ3v) is 4.29. The fourth-order valence-corrected chi connectivity index (χ4v) is 3.00. The highest BCUT2D eigenvalue weighted by Gasteiger charge is 2.39. The average molecular weight is 323 g/mol. The van der Waals surface area contributed by atoms with E-state index in [0.717, 1.165) is 42.0 Å². The number of rotatable bonds is 7. The van der Waals surface area contributed by atoms with E-state index in [2.05, 4.69) is 6.92 Å². The quantitative estimate of drug-likeness (QED) is 0.629. The van der Waals surface area contributed by atoms with Crippen molar-refractivity contribution in [3.8, 4) is 0 Å². The zero-order valence-electron chi connectivity index (χ0n) is 13.5. The molecule has 2 rings (SSSR count). The van der Waals surface area contributed by atoms with Crippen molar-refractivity contribution in [3.05, 3.63) is 47.5 Å². The highest BCUT2D eigenvalue weighted by Crippen LogP contribution is 2.35. The molecular weight excluding hydrogens is 299 g/mol. The molecule has 0 saturated carbocycles. The van der Waals surface area contributed by atoms with E-state index in [-0.39, 0.29) is 5.56 Å². The molecule has 0 aliphatic rings. The molecule has 0 amide bonds. The highest BCUT2D eigenvalue weighted by molar-refractivity contribution is 5.87. The minimum absolute atomic E-state index is 0.215. The molecule has 126 valence electrons. The fourth-order valence-electron chi connectivity index (χ4n) is 3.00. The van der Waals surface area contributed by atoms with Gasteiger partial charge in [0.15, 0.2) is 0 Å². The van der Waals surface area contributed by atoms with E-state index >= 15 is 0 Å². The summed E-state index contributed by atoms with van der Waals surface area (Å²) in [7, 11) is 0. The Kier molecular flexibility index (Phi) is 6.05. The summed E-state index contributed by atoms with van der Waals surface area (Å²) in [4.78, 5) is 0. The van der Waals surface area contributed by atoms with E-state index in [0.29, 0.717) is 6.42 Å². The summed E-state index contributed by atoms with van der Waals surface area (Å²) in [6, 6.07) is 8.95. The molecule has 2 N–H and O–H groups in total. The van der Waals surface area contributed by atoms with E-state index in [1.54, 1.807) is 12.1 Å². The van der Waals surface area contributed by atoms with Crippen LogP contribution in [-0.4, -0.2) is 6.18 Å². The molecule has 4 heteroatoms.